The molecule has 34 heavy (non-hydrogen) atoms. The van der Waals surface area contributed by atoms with Crippen molar-refractivity contribution in [1.29, 1.82) is 0 Å². The normalized spacial score (nSPS) is 16.1. The first-order chi connectivity index (χ1) is 16.3. The largest absolute Gasteiger partial charge is 0.444 e. The van der Waals surface area contributed by atoms with Crippen LogP contribution in [0, 0.1) is 0 Å². The predicted molar refractivity (Wildman–Crippen MR) is 136 cm³/mol. The molecule has 0 bridgehead atoms. The molecule has 1 unspecified atom stereocenters. The molecule has 176 valence electrons. The van der Waals surface area contributed by atoms with Crippen LogP contribution in [0.4, 0.5) is 10.5 Å². The fourth-order valence-electron chi connectivity index (χ4n) is 3.92. The molecule has 1 amide bonds. The average Bonchev–Trinajstić information content (AvgIpc) is 2.83. The summed E-state index contributed by atoms with van der Waals surface area (Å²) >= 11 is 6.72. The molecule has 3 aromatic carbocycles. The highest BCUT2D eigenvalue weighted by Gasteiger charge is 2.34. The van der Waals surface area contributed by atoms with Crippen LogP contribution in [-0.4, -0.2) is 42.1 Å². The van der Waals surface area contributed by atoms with Gasteiger partial charge < -0.3 is 9.47 Å². The van der Waals surface area contributed by atoms with Gasteiger partial charge in [-0.15, -0.1) is 0 Å². The third-order valence-corrected chi connectivity index (χ3v) is 5.76. The van der Waals surface area contributed by atoms with Crippen molar-refractivity contribution in [1.82, 2.24) is 4.90 Å². The molecule has 0 radical (unpaired) electrons. The number of benzene rings is 3. The van der Waals surface area contributed by atoms with Crippen molar-refractivity contribution in [3.05, 3.63) is 101 Å². The zero-order chi connectivity index (χ0) is 24.1. The third kappa shape index (κ3) is 5.66. The summed E-state index contributed by atoms with van der Waals surface area (Å²) in [4.78, 5) is 19.8. The highest BCUT2D eigenvalue weighted by Crippen LogP contribution is 2.38. The van der Waals surface area contributed by atoms with Gasteiger partial charge in [0.15, 0.2) is 0 Å². The number of carbonyl (C=O) groups excluding carboxylic acids is 1. The number of nitrogens with zero attached hydrogens (tertiary/aromatic N) is 2. The molecule has 4 rings (SSSR count). The minimum Gasteiger partial charge on any atom is -0.444 e. The monoisotopic (exact) mass is 476 g/mol. The molecule has 0 spiro atoms. The molecule has 1 heterocycles. The fourth-order valence-corrected chi connectivity index (χ4v) is 4.14. The molecule has 0 saturated carbocycles. The van der Waals surface area contributed by atoms with Crippen molar-refractivity contribution in [2.75, 3.05) is 19.8 Å². The first-order valence-electron chi connectivity index (χ1n) is 11.4. The molecule has 6 heteroatoms. The Morgan fingerprint density at radius 1 is 0.971 bits per heavy atom. The number of morpholine rings is 1. The Bertz CT molecular complexity index is 1120. The van der Waals surface area contributed by atoms with Crippen LogP contribution in [0.5, 0.6) is 0 Å². The SMILES string of the molecule is CC(C)(C)OC(=O)N1CCOCC1c1cccc(Cl)c1N=C(c1ccccc1)c1ccccc1. The Balaban J connectivity index is 1.82. The molecule has 0 aromatic heterocycles. The quantitative estimate of drug-likeness (QED) is 0.388. The lowest BCUT2D eigenvalue weighted by Gasteiger charge is -2.37. The van der Waals surface area contributed by atoms with E-state index in [-0.39, 0.29) is 12.1 Å². The van der Waals surface area contributed by atoms with Gasteiger partial charge >= 0.3 is 6.09 Å². The number of carbonyl (C=O) groups is 1. The van der Waals surface area contributed by atoms with Gasteiger partial charge in [-0.25, -0.2) is 9.79 Å². The first-order valence-corrected chi connectivity index (χ1v) is 11.8. The number of aliphatic imine (C=N–C) groups is 1. The molecule has 3 aromatic rings. The van der Waals surface area contributed by atoms with Gasteiger partial charge in [0.2, 0.25) is 0 Å². The lowest BCUT2D eigenvalue weighted by Crippen LogP contribution is -2.45. The maximum Gasteiger partial charge on any atom is 0.410 e. The van der Waals surface area contributed by atoms with E-state index in [4.69, 9.17) is 26.1 Å². The van der Waals surface area contributed by atoms with Gasteiger partial charge in [0, 0.05) is 23.2 Å². The van der Waals surface area contributed by atoms with Crippen molar-refractivity contribution in [2.45, 2.75) is 32.4 Å². The highest BCUT2D eigenvalue weighted by molar-refractivity contribution is 6.33. The standard InChI is InChI=1S/C28H29ClN2O3/c1-28(2,3)34-27(32)31-17-18-33-19-24(31)22-15-10-16-23(29)26(22)30-25(20-11-6-4-7-12-20)21-13-8-5-9-14-21/h4-16,24H,17-19H2,1-3H3. The van der Waals surface area contributed by atoms with Crippen LogP contribution in [0.3, 0.4) is 0 Å². The number of para-hydroxylation sites is 1. The maximum atomic E-state index is 13.0. The highest BCUT2D eigenvalue weighted by atomic mass is 35.5. The summed E-state index contributed by atoms with van der Waals surface area (Å²) in [5.74, 6) is 0. The van der Waals surface area contributed by atoms with Crippen molar-refractivity contribution in [3.63, 3.8) is 0 Å². The van der Waals surface area contributed by atoms with E-state index in [1.807, 2.05) is 99.6 Å². The van der Waals surface area contributed by atoms with Gasteiger partial charge in [-0.05, 0) is 26.8 Å². The minimum absolute atomic E-state index is 0.341. The van der Waals surface area contributed by atoms with E-state index in [0.717, 1.165) is 22.4 Å². The number of hydrogen-bond donors (Lipinski definition) is 0. The molecule has 0 N–H and O–H groups in total. The van der Waals surface area contributed by atoms with Crippen LogP contribution in [-0.2, 0) is 9.47 Å². The van der Waals surface area contributed by atoms with E-state index >= 15 is 0 Å². The molecule has 1 atom stereocenters. The van der Waals surface area contributed by atoms with Crippen LogP contribution in [0.1, 0.15) is 43.5 Å². The van der Waals surface area contributed by atoms with E-state index in [2.05, 4.69) is 0 Å². The van der Waals surface area contributed by atoms with E-state index in [1.165, 1.54) is 0 Å². The third-order valence-electron chi connectivity index (χ3n) is 5.45. The Hall–Kier alpha value is -3.15. The number of hydrogen-bond acceptors (Lipinski definition) is 4. The zero-order valence-electron chi connectivity index (χ0n) is 19.7. The van der Waals surface area contributed by atoms with Gasteiger partial charge in [0.05, 0.1) is 35.7 Å². The number of ether oxygens (including phenoxy) is 2. The second kappa shape index (κ2) is 10.4. The van der Waals surface area contributed by atoms with Gasteiger partial charge in [-0.1, -0.05) is 84.4 Å². The molecule has 0 aliphatic carbocycles. The predicted octanol–water partition coefficient (Wildman–Crippen LogP) is 6.82. The van der Waals surface area contributed by atoms with Crippen LogP contribution >= 0.6 is 11.6 Å². The smallest absolute Gasteiger partial charge is 0.410 e. The molecular weight excluding hydrogens is 448 g/mol. The van der Waals surface area contributed by atoms with Gasteiger partial charge in [0.25, 0.3) is 0 Å². The second-order valence-corrected chi connectivity index (χ2v) is 9.54. The first kappa shape index (κ1) is 24.0. The molecular formula is C28H29ClN2O3. The van der Waals surface area contributed by atoms with Gasteiger partial charge in [-0.2, -0.15) is 0 Å². The lowest BCUT2D eigenvalue weighted by atomic mass is 10.00. The van der Waals surface area contributed by atoms with E-state index < -0.39 is 5.60 Å². The van der Waals surface area contributed by atoms with Gasteiger partial charge in [0.1, 0.15) is 5.60 Å². The minimum atomic E-state index is -0.594. The summed E-state index contributed by atoms with van der Waals surface area (Å²) in [6.45, 7) is 6.81. The molecule has 1 aliphatic heterocycles. The summed E-state index contributed by atoms with van der Waals surface area (Å²) < 4.78 is 11.5. The zero-order valence-corrected chi connectivity index (χ0v) is 20.5. The fraction of sp³-hybridized carbons (Fsp3) is 0.286. The Morgan fingerprint density at radius 3 is 2.18 bits per heavy atom. The van der Waals surface area contributed by atoms with E-state index in [0.29, 0.717) is 30.5 Å². The molecule has 1 saturated heterocycles. The van der Waals surface area contributed by atoms with Crippen molar-refractivity contribution in [2.24, 2.45) is 4.99 Å². The molecule has 1 aliphatic rings. The summed E-state index contributed by atoms with van der Waals surface area (Å²) in [7, 11) is 0. The summed E-state index contributed by atoms with van der Waals surface area (Å²) in [6.07, 6.45) is -0.373. The maximum absolute atomic E-state index is 13.0. The van der Waals surface area contributed by atoms with Crippen molar-refractivity contribution < 1.29 is 14.3 Å². The van der Waals surface area contributed by atoms with Crippen LogP contribution in [0.25, 0.3) is 0 Å². The topological polar surface area (TPSA) is 51.1 Å². The van der Waals surface area contributed by atoms with Crippen LogP contribution < -0.4 is 0 Å². The summed E-state index contributed by atoms with van der Waals surface area (Å²) in [5, 5.41) is 0.511. The van der Waals surface area contributed by atoms with Crippen LogP contribution in [0.2, 0.25) is 5.02 Å². The second-order valence-electron chi connectivity index (χ2n) is 9.13. The average molecular weight is 477 g/mol. The van der Waals surface area contributed by atoms with E-state index in [1.54, 1.807) is 4.90 Å². The molecule has 5 nitrogen and oxygen atoms in total. The lowest BCUT2D eigenvalue weighted by molar-refractivity contribution is -0.0329. The number of rotatable bonds is 4. The van der Waals surface area contributed by atoms with Gasteiger partial charge in [-0.3, -0.25) is 4.90 Å². The Kier molecular flexibility index (Phi) is 7.35. The van der Waals surface area contributed by atoms with E-state index in [9.17, 15) is 4.79 Å². The molecule has 1 fully saturated rings. The number of halogens is 1. The number of amides is 1. The van der Waals surface area contributed by atoms with Crippen LogP contribution in [0.15, 0.2) is 83.9 Å². The Morgan fingerprint density at radius 2 is 1.59 bits per heavy atom. The summed E-state index contributed by atoms with van der Waals surface area (Å²) in [6, 6.07) is 25.3. The van der Waals surface area contributed by atoms with Crippen molar-refractivity contribution in [3.8, 4) is 0 Å². The Labute approximate surface area is 206 Å². The van der Waals surface area contributed by atoms with Crippen molar-refractivity contribution >= 4 is 29.1 Å². The summed E-state index contributed by atoms with van der Waals surface area (Å²) in [5.41, 5.74) is 3.60.